The number of hydrogen-bond acceptors (Lipinski definition) is 4. The van der Waals surface area contributed by atoms with Crippen molar-refractivity contribution in [1.82, 2.24) is 4.57 Å². The average Bonchev–Trinajstić information content (AvgIpc) is 2.64. The van der Waals surface area contributed by atoms with Gasteiger partial charge in [-0.15, -0.1) is 13.2 Å². The molecular formula is C18H13F9N2O3. The third-order valence-electron chi connectivity index (χ3n) is 4.31. The number of hydrogen-bond donors (Lipinski definition) is 0. The number of nitrogens with zero attached hydrogens (tertiary/aromatic N) is 2. The van der Waals surface area contributed by atoms with Crippen LogP contribution in [0.4, 0.5) is 39.5 Å². The maximum Gasteiger partial charge on any atom is 0.573 e. The predicted octanol–water partition coefficient (Wildman–Crippen LogP) is 5.11. The van der Waals surface area contributed by atoms with Crippen molar-refractivity contribution in [3.63, 3.8) is 0 Å². The predicted molar refractivity (Wildman–Crippen MR) is 88.5 cm³/mol. The highest BCUT2D eigenvalue weighted by molar-refractivity contribution is 5.45. The summed E-state index contributed by atoms with van der Waals surface area (Å²) in [4.78, 5) is 4.11. The molecule has 0 amide bonds. The summed E-state index contributed by atoms with van der Waals surface area (Å²) in [5.74, 6) is -4.10. The van der Waals surface area contributed by atoms with Gasteiger partial charge < -0.3 is 18.8 Å². The fourth-order valence-electron chi connectivity index (χ4n) is 3.05. The molecule has 2 aromatic rings. The molecule has 1 aromatic carbocycles. The molecule has 0 radical (unpaired) electrons. The van der Waals surface area contributed by atoms with Crippen LogP contribution in [0.3, 0.4) is 0 Å². The Morgan fingerprint density at radius 1 is 1.12 bits per heavy atom. The average molecular weight is 476 g/mol. The van der Waals surface area contributed by atoms with Gasteiger partial charge in [-0.1, -0.05) is 0 Å². The Kier molecular flexibility index (Phi) is 6.24. The highest BCUT2D eigenvalue weighted by Crippen LogP contribution is 2.41. The van der Waals surface area contributed by atoms with Crippen molar-refractivity contribution in [2.24, 2.45) is 12.0 Å². The molecule has 0 N–H and O–H groups in total. The van der Waals surface area contributed by atoms with E-state index in [2.05, 4.69) is 14.5 Å². The SMILES string of the molecule is Cn1cc(C(F)(F)F)cc(OC(F)F)c1=NC1CCOc2c1ccc(OC(F)(F)F)c2F. The second-order valence-electron chi connectivity index (χ2n) is 6.53. The Hall–Kier alpha value is -3.06. The Morgan fingerprint density at radius 3 is 2.41 bits per heavy atom. The first-order valence-electron chi connectivity index (χ1n) is 8.73. The molecule has 1 unspecified atom stereocenters. The normalized spacial score (nSPS) is 17.2. The van der Waals surface area contributed by atoms with Crippen LogP contribution in [0.25, 0.3) is 0 Å². The first kappa shape index (κ1) is 23.6. The first-order chi connectivity index (χ1) is 14.8. The van der Waals surface area contributed by atoms with Crippen LogP contribution < -0.4 is 19.7 Å². The summed E-state index contributed by atoms with van der Waals surface area (Å²) in [5, 5.41) is 0. The van der Waals surface area contributed by atoms with Gasteiger partial charge in [-0.2, -0.15) is 26.3 Å². The van der Waals surface area contributed by atoms with Gasteiger partial charge in [0, 0.05) is 25.2 Å². The fraction of sp³-hybridized carbons (Fsp3) is 0.389. The molecular weight excluding hydrogens is 463 g/mol. The minimum absolute atomic E-state index is 0.0288. The summed E-state index contributed by atoms with van der Waals surface area (Å²) in [6.07, 6.45) is -9.40. The minimum Gasteiger partial charge on any atom is -0.490 e. The van der Waals surface area contributed by atoms with Crippen LogP contribution in [0.2, 0.25) is 0 Å². The van der Waals surface area contributed by atoms with Crippen LogP contribution in [0.5, 0.6) is 17.2 Å². The highest BCUT2D eigenvalue weighted by atomic mass is 19.4. The smallest absolute Gasteiger partial charge is 0.490 e. The third-order valence-corrected chi connectivity index (χ3v) is 4.31. The Labute approximate surface area is 173 Å². The quantitative estimate of drug-likeness (QED) is 0.577. The largest absolute Gasteiger partial charge is 0.573 e. The molecule has 0 aliphatic carbocycles. The maximum absolute atomic E-state index is 14.5. The van der Waals surface area contributed by atoms with E-state index in [0.717, 1.165) is 17.7 Å². The number of aromatic nitrogens is 1. The van der Waals surface area contributed by atoms with Crippen LogP contribution in [-0.2, 0) is 13.2 Å². The summed E-state index contributed by atoms with van der Waals surface area (Å²) in [7, 11) is 1.10. The number of aryl methyl sites for hydroxylation is 1. The molecule has 1 aromatic heterocycles. The second-order valence-corrected chi connectivity index (χ2v) is 6.53. The lowest BCUT2D eigenvalue weighted by Crippen LogP contribution is -2.27. The standard InChI is InChI=1S/C18H13F9N2O3/c1-29-7-8(17(22,23)24)6-12(31-16(20)21)15(29)28-10-4-5-30-14-9(10)2-3-11(13(14)19)32-18(25,26)27/h2-3,6-7,10,16H,4-5H2,1H3. The molecule has 0 fully saturated rings. The lowest BCUT2D eigenvalue weighted by Gasteiger charge is -2.25. The van der Waals surface area contributed by atoms with E-state index in [1.54, 1.807) is 0 Å². The molecule has 0 saturated carbocycles. The molecule has 32 heavy (non-hydrogen) atoms. The molecule has 0 bridgehead atoms. The molecule has 1 aliphatic rings. The molecule has 0 spiro atoms. The van der Waals surface area contributed by atoms with Gasteiger partial charge in [-0.25, -0.2) is 0 Å². The van der Waals surface area contributed by atoms with Gasteiger partial charge in [0.25, 0.3) is 0 Å². The van der Waals surface area contributed by atoms with Crippen molar-refractivity contribution < 1.29 is 53.7 Å². The van der Waals surface area contributed by atoms with Gasteiger partial charge in [0.1, 0.15) is 0 Å². The van der Waals surface area contributed by atoms with Crippen molar-refractivity contribution in [1.29, 1.82) is 0 Å². The van der Waals surface area contributed by atoms with E-state index in [-0.39, 0.29) is 18.6 Å². The van der Waals surface area contributed by atoms with Crippen molar-refractivity contribution in [2.45, 2.75) is 31.6 Å². The zero-order chi connectivity index (χ0) is 23.8. The monoisotopic (exact) mass is 476 g/mol. The number of benzene rings is 1. The number of rotatable bonds is 4. The van der Waals surface area contributed by atoms with Gasteiger partial charge >= 0.3 is 19.2 Å². The summed E-state index contributed by atoms with van der Waals surface area (Å²) in [6, 6.07) is 1.01. The summed E-state index contributed by atoms with van der Waals surface area (Å²) < 4.78 is 130. The van der Waals surface area contributed by atoms with Gasteiger partial charge in [0.05, 0.1) is 18.2 Å². The van der Waals surface area contributed by atoms with Crippen molar-refractivity contribution in [3.8, 4) is 17.2 Å². The zero-order valence-electron chi connectivity index (χ0n) is 15.9. The molecule has 0 saturated heterocycles. The summed E-state index contributed by atoms with van der Waals surface area (Å²) in [5.41, 5.74) is -1.75. The van der Waals surface area contributed by atoms with Crippen LogP contribution in [-0.4, -0.2) is 24.1 Å². The Bertz CT molecular complexity index is 1060. The van der Waals surface area contributed by atoms with Gasteiger partial charge in [-0.3, -0.25) is 4.99 Å². The Balaban J connectivity index is 2.11. The van der Waals surface area contributed by atoms with Crippen LogP contribution in [0.1, 0.15) is 23.6 Å². The van der Waals surface area contributed by atoms with Crippen molar-refractivity contribution in [3.05, 3.63) is 46.8 Å². The number of pyridine rings is 1. The van der Waals surface area contributed by atoms with Crippen LogP contribution >= 0.6 is 0 Å². The van der Waals surface area contributed by atoms with E-state index < -0.39 is 59.3 Å². The topological polar surface area (TPSA) is 45.0 Å². The zero-order valence-corrected chi connectivity index (χ0v) is 15.9. The van der Waals surface area contributed by atoms with Gasteiger partial charge in [-0.05, 0) is 18.2 Å². The van der Waals surface area contributed by atoms with Crippen molar-refractivity contribution >= 4 is 0 Å². The fourth-order valence-corrected chi connectivity index (χ4v) is 3.05. The lowest BCUT2D eigenvalue weighted by atomic mass is 10.0. The molecule has 2 heterocycles. The lowest BCUT2D eigenvalue weighted by molar-refractivity contribution is -0.275. The van der Waals surface area contributed by atoms with Crippen LogP contribution in [0, 0.1) is 5.82 Å². The molecule has 14 heteroatoms. The molecule has 176 valence electrons. The minimum atomic E-state index is -5.16. The molecule has 1 aliphatic heterocycles. The summed E-state index contributed by atoms with van der Waals surface area (Å²) >= 11 is 0. The summed E-state index contributed by atoms with van der Waals surface area (Å²) in [6.45, 7) is -3.68. The number of alkyl halides is 8. The van der Waals surface area contributed by atoms with Crippen LogP contribution in [0.15, 0.2) is 29.4 Å². The van der Waals surface area contributed by atoms with Gasteiger partial charge in [0.2, 0.25) is 5.82 Å². The number of ether oxygens (including phenoxy) is 3. The van der Waals surface area contributed by atoms with E-state index in [1.807, 2.05) is 0 Å². The van der Waals surface area contributed by atoms with E-state index in [0.29, 0.717) is 18.3 Å². The first-order valence-corrected chi connectivity index (χ1v) is 8.73. The van der Waals surface area contributed by atoms with E-state index in [1.165, 1.54) is 0 Å². The van der Waals surface area contributed by atoms with Crippen molar-refractivity contribution in [2.75, 3.05) is 6.61 Å². The number of fused-ring (bicyclic) bond motifs is 1. The maximum atomic E-state index is 14.5. The highest BCUT2D eigenvalue weighted by Gasteiger charge is 2.35. The number of halogens is 9. The molecule has 3 rings (SSSR count). The second kappa shape index (κ2) is 8.47. The van der Waals surface area contributed by atoms with E-state index >= 15 is 0 Å². The Morgan fingerprint density at radius 2 is 1.81 bits per heavy atom. The van der Waals surface area contributed by atoms with E-state index in [9.17, 15) is 39.5 Å². The molecule has 1 atom stereocenters. The molecule has 5 nitrogen and oxygen atoms in total. The van der Waals surface area contributed by atoms with E-state index in [4.69, 9.17) is 4.74 Å². The third kappa shape index (κ3) is 5.22. The van der Waals surface area contributed by atoms with Gasteiger partial charge in [0.15, 0.2) is 22.7 Å².